The fourth-order valence-electron chi connectivity index (χ4n) is 3.22. The molecule has 1 aliphatic rings. The molecule has 2 aromatic heterocycles. The lowest BCUT2D eigenvalue weighted by Gasteiger charge is -2.11. The Morgan fingerprint density at radius 1 is 1.11 bits per heavy atom. The van der Waals surface area contributed by atoms with Crippen LogP contribution in [-0.4, -0.2) is 26.0 Å². The minimum absolute atomic E-state index is 0.0751. The molecule has 1 saturated carbocycles. The van der Waals surface area contributed by atoms with Crippen LogP contribution in [0.5, 0.6) is 0 Å². The normalized spacial score (nSPS) is 13.3. The van der Waals surface area contributed by atoms with E-state index >= 15 is 0 Å². The van der Waals surface area contributed by atoms with Crippen LogP contribution in [0.2, 0.25) is 0 Å². The van der Waals surface area contributed by atoms with Gasteiger partial charge in [0.15, 0.2) is 0 Å². The minimum atomic E-state index is -0.817. The Morgan fingerprint density at radius 2 is 1.93 bits per heavy atom. The Bertz CT molecular complexity index is 1010. The molecule has 0 amide bonds. The lowest BCUT2D eigenvalue weighted by atomic mass is 10.0. The highest BCUT2D eigenvalue weighted by Crippen LogP contribution is 2.39. The van der Waals surface area contributed by atoms with Crippen molar-refractivity contribution >= 4 is 17.6 Å². The highest BCUT2D eigenvalue weighted by Gasteiger charge is 2.25. The number of nitrogens with zero attached hydrogens (tertiary/aromatic N) is 3. The third-order valence-electron chi connectivity index (χ3n) is 4.75. The standard InChI is InChI=1S/C22H22N4O2/c1-14-10-17(16-6-8-23-18(12-16)4-5-21(27)28)13-19(11-14)25-22-24-9-7-20(26-22)15-2-3-15/h6-13,15H,2-5H2,1H3,(H,27,28)(H,24,25,26). The second kappa shape index (κ2) is 7.76. The molecule has 0 radical (unpaired) electrons. The van der Waals surface area contributed by atoms with E-state index in [1.807, 2.05) is 25.1 Å². The third-order valence-corrected chi connectivity index (χ3v) is 4.75. The summed E-state index contributed by atoms with van der Waals surface area (Å²) in [7, 11) is 0. The van der Waals surface area contributed by atoms with Gasteiger partial charge < -0.3 is 10.4 Å². The van der Waals surface area contributed by atoms with Gasteiger partial charge in [-0.2, -0.15) is 0 Å². The van der Waals surface area contributed by atoms with Crippen molar-refractivity contribution in [3.63, 3.8) is 0 Å². The number of carboxylic acid groups (broad SMARTS) is 1. The van der Waals surface area contributed by atoms with Crippen molar-refractivity contribution in [2.24, 2.45) is 0 Å². The zero-order valence-corrected chi connectivity index (χ0v) is 15.7. The summed E-state index contributed by atoms with van der Waals surface area (Å²) >= 11 is 0. The van der Waals surface area contributed by atoms with Crippen LogP contribution in [0.3, 0.4) is 0 Å². The molecule has 28 heavy (non-hydrogen) atoms. The van der Waals surface area contributed by atoms with Gasteiger partial charge in [-0.05, 0) is 66.8 Å². The van der Waals surface area contributed by atoms with Gasteiger partial charge in [-0.3, -0.25) is 9.78 Å². The van der Waals surface area contributed by atoms with Crippen molar-refractivity contribution < 1.29 is 9.90 Å². The zero-order chi connectivity index (χ0) is 19.5. The monoisotopic (exact) mass is 374 g/mol. The summed E-state index contributed by atoms with van der Waals surface area (Å²) in [5.74, 6) is 0.373. The molecule has 0 spiro atoms. The molecule has 0 bridgehead atoms. The Labute approximate surface area is 163 Å². The Balaban J connectivity index is 1.58. The molecular formula is C22H22N4O2. The minimum Gasteiger partial charge on any atom is -0.481 e. The van der Waals surface area contributed by atoms with E-state index in [4.69, 9.17) is 5.11 Å². The highest BCUT2D eigenvalue weighted by molar-refractivity contribution is 5.71. The first-order valence-corrected chi connectivity index (χ1v) is 9.45. The van der Waals surface area contributed by atoms with Gasteiger partial charge in [-0.15, -0.1) is 0 Å². The zero-order valence-electron chi connectivity index (χ0n) is 15.7. The van der Waals surface area contributed by atoms with Gasteiger partial charge in [-0.1, -0.05) is 6.07 Å². The van der Waals surface area contributed by atoms with Crippen molar-refractivity contribution in [1.29, 1.82) is 0 Å². The SMILES string of the molecule is Cc1cc(Nc2nccc(C3CC3)n2)cc(-c2ccnc(CCC(=O)O)c2)c1. The van der Waals surface area contributed by atoms with Crippen LogP contribution < -0.4 is 5.32 Å². The molecule has 0 aliphatic heterocycles. The van der Waals surface area contributed by atoms with Crippen LogP contribution in [0, 0.1) is 6.92 Å². The predicted molar refractivity (Wildman–Crippen MR) is 108 cm³/mol. The average molecular weight is 374 g/mol. The second-order valence-corrected chi connectivity index (χ2v) is 7.22. The van der Waals surface area contributed by atoms with E-state index in [-0.39, 0.29) is 6.42 Å². The lowest BCUT2D eigenvalue weighted by molar-refractivity contribution is -0.136. The van der Waals surface area contributed by atoms with Crippen LogP contribution in [0.1, 0.15) is 42.1 Å². The molecular weight excluding hydrogens is 352 g/mol. The smallest absolute Gasteiger partial charge is 0.303 e. The third kappa shape index (κ3) is 4.52. The summed E-state index contributed by atoms with van der Waals surface area (Å²) in [6.45, 7) is 2.04. The van der Waals surface area contributed by atoms with Gasteiger partial charge >= 0.3 is 5.97 Å². The molecule has 0 atom stereocenters. The number of aromatic nitrogens is 3. The summed E-state index contributed by atoms with van der Waals surface area (Å²) in [6.07, 6.45) is 6.43. The van der Waals surface area contributed by atoms with E-state index in [0.717, 1.165) is 33.8 Å². The Morgan fingerprint density at radius 3 is 2.71 bits per heavy atom. The Hall–Kier alpha value is -3.28. The number of aryl methyl sites for hydroxylation is 2. The van der Waals surface area contributed by atoms with E-state index in [9.17, 15) is 4.79 Å². The van der Waals surface area contributed by atoms with Crippen molar-refractivity contribution in [3.05, 3.63) is 65.7 Å². The molecule has 142 valence electrons. The van der Waals surface area contributed by atoms with Crippen molar-refractivity contribution in [2.75, 3.05) is 5.32 Å². The number of carbonyl (C=O) groups is 1. The first kappa shape index (κ1) is 18.1. The van der Waals surface area contributed by atoms with E-state index < -0.39 is 5.97 Å². The molecule has 0 saturated heterocycles. The van der Waals surface area contributed by atoms with Gasteiger partial charge in [0.2, 0.25) is 5.95 Å². The maximum atomic E-state index is 10.8. The molecule has 1 aliphatic carbocycles. The van der Waals surface area contributed by atoms with Crippen LogP contribution in [0.15, 0.2) is 48.8 Å². The number of anilines is 2. The maximum Gasteiger partial charge on any atom is 0.303 e. The number of benzene rings is 1. The first-order valence-electron chi connectivity index (χ1n) is 9.45. The van der Waals surface area contributed by atoms with Crippen molar-refractivity contribution in [3.8, 4) is 11.1 Å². The van der Waals surface area contributed by atoms with Crippen LogP contribution >= 0.6 is 0 Å². The summed E-state index contributed by atoms with van der Waals surface area (Å²) in [5.41, 5.74) is 5.96. The largest absolute Gasteiger partial charge is 0.481 e. The number of carboxylic acids is 1. The van der Waals surface area contributed by atoms with Crippen molar-refractivity contribution in [1.82, 2.24) is 15.0 Å². The second-order valence-electron chi connectivity index (χ2n) is 7.22. The number of aliphatic carboxylic acids is 1. The fraction of sp³-hybridized carbons (Fsp3) is 0.273. The van der Waals surface area contributed by atoms with E-state index in [2.05, 4.69) is 38.5 Å². The van der Waals surface area contributed by atoms with Crippen LogP contribution in [0.25, 0.3) is 11.1 Å². The molecule has 1 fully saturated rings. The Kier molecular flexibility index (Phi) is 5.02. The van der Waals surface area contributed by atoms with Gasteiger partial charge in [-0.25, -0.2) is 9.97 Å². The molecule has 6 nitrogen and oxygen atoms in total. The van der Waals surface area contributed by atoms with Gasteiger partial charge in [0, 0.05) is 41.8 Å². The molecule has 2 N–H and O–H groups in total. The summed E-state index contributed by atoms with van der Waals surface area (Å²) in [6, 6.07) is 12.1. The van der Waals surface area contributed by atoms with Gasteiger partial charge in [0.25, 0.3) is 0 Å². The van der Waals surface area contributed by atoms with Crippen LogP contribution in [-0.2, 0) is 11.2 Å². The van der Waals surface area contributed by atoms with Gasteiger partial charge in [0.05, 0.1) is 6.42 Å². The predicted octanol–water partition coefficient (Wildman–Crippen LogP) is 4.49. The van der Waals surface area contributed by atoms with E-state index in [0.29, 0.717) is 18.3 Å². The molecule has 2 heterocycles. The van der Waals surface area contributed by atoms with Crippen molar-refractivity contribution in [2.45, 2.75) is 38.5 Å². The summed E-state index contributed by atoms with van der Waals surface area (Å²) in [4.78, 5) is 24.1. The molecule has 1 aromatic carbocycles. The highest BCUT2D eigenvalue weighted by atomic mass is 16.4. The number of hydrogen-bond acceptors (Lipinski definition) is 5. The molecule has 4 rings (SSSR count). The first-order chi connectivity index (χ1) is 13.6. The van der Waals surface area contributed by atoms with Crippen LogP contribution in [0.4, 0.5) is 11.6 Å². The number of pyridine rings is 1. The fourth-order valence-corrected chi connectivity index (χ4v) is 3.22. The quantitative estimate of drug-likeness (QED) is 0.634. The lowest BCUT2D eigenvalue weighted by Crippen LogP contribution is -2.00. The van der Waals surface area contributed by atoms with E-state index in [1.54, 1.807) is 12.4 Å². The summed E-state index contributed by atoms with van der Waals surface area (Å²) < 4.78 is 0. The number of rotatable bonds is 7. The van der Waals surface area contributed by atoms with E-state index in [1.165, 1.54) is 12.8 Å². The molecule has 6 heteroatoms. The molecule has 0 unspecified atom stereocenters. The maximum absolute atomic E-state index is 10.8. The number of nitrogens with one attached hydrogen (secondary N) is 1. The summed E-state index contributed by atoms with van der Waals surface area (Å²) in [5, 5.41) is 12.2. The molecule has 3 aromatic rings. The average Bonchev–Trinajstić information content (AvgIpc) is 3.52. The number of hydrogen-bond donors (Lipinski definition) is 2. The topological polar surface area (TPSA) is 88.0 Å². The van der Waals surface area contributed by atoms with Gasteiger partial charge in [0.1, 0.15) is 0 Å².